The van der Waals surface area contributed by atoms with Crippen LogP contribution in [0.3, 0.4) is 0 Å². The van der Waals surface area contributed by atoms with Gasteiger partial charge in [0.25, 0.3) is 0 Å². The molecule has 1 aromatic carbocycles. The minimum absolute atomic E-state index is 0.637. The number of hydrogen-bond donors (Lipinski definition) is 0. The van der Waals surface area contributed by atoms with Crippen molar-refractivity contribution in [1.29, 1.82) is 0 Å². The van der Waals surface area contributed by atoms with Gasteiger partial charge in [-0.05, 0) is 86.8 Å². The minimum atomic E-state index is 0.637. The molecular weight excluding hydrogens is 312 g/mol. The van der Waals surface area contributed by atoms with E-state index in [9.17, 15) is 0 Å². The highest BCUT2D eigenvalue weighted by Crippen LogP contribution is 2.41. The highest BCUT2D eigenvalue weighted by Gasteiger charge is 2.29. The highest BCUT2D eigenvalue weighted by atomic mass is 14.3. The molecule has 0 spiro atoms. The van der Waals surface area contributed by atoms with Crippen LogP contribution in [0.4, 0.5) is 0 Å². The Kier molecular flexibility index (Phi) is 7.67. The molecule has 0 N–H and O–H groups in total. The van der Waals surface area contributed by atoms with Crippen LogP contribution in [0.25, 0.3) is 0 Å². The van der Waals surface area contributed by atoms with Crippen molar-refractivity contribution in [2.24, 2.45) is 23.7 Å². The molecule has 0 nitrogen and oxygen atoms in total. The maximum Gasteiger partial charge on any atom is 0.0245 e. The Morgan fingerprint density at radius 3 is 2.00 bits per heavy atom. The quantitative estimate of drug-likeness (QED) is 0.485. The van der Waals surface area contributed by atoms with Gasteiger partial charge in [0, 0.05) is 11.5 Å². The van der Waals surface area contributed by atoms with Gasteiger partial charge < -0.3 is 0 Å². The van der Waals surface area contributed by atoms with Gasteiger partial charge in [-0.15, -0.1) is 0 Å². The molecule has 2 saturated carbocycles. The second-order valence-corrected chi connectivity index (χ2v) is 8.87. The molecule has 142 valence electrons. The summed E-state index contributed by atoms with van der Waals surface area (Å²) >= 11 is 0. The molecule has 0 heterocycles. The molecule has 0 heteroatoms. The topological polar surface area (TPSA) is 0 Å². The summed E-state index contributed by atoms with van der Waals surface area (Å²) in [6, 6.07) is 8.97. The first kappa shape index (κ1) is 19.5. The zero-order valence-corrected chi connectivity index (χ0v) is 17.1. The van der Waals surface area contributed by atoms with Crippen molar-refractivity contribution in [3.05, 3.63) is 35.4 Å². The fourth-order valence-electron chi connectivity index (χ4n) is 5.12. The lowest BCUT2D eigenvalue weighted by Crippen LogP contribution is -2.25. The normalized spacial score (nSPS) is 29.0. The molecule has 2 fully saturated rings. The van der Waals surface area contributed by atoms with Crippen molar-refractivity contribution < 1.29 is 0 Å². The molecule has 1 aromatic rings. The van der Waals surface area contributed by atoms with Gasteiger partial charge in [0.1, 0.15) is 0 Å². The molecule has 0 aliphatic heterocycles. The molecule has 0 unspecified atom stereocenters. The number of rotatable bonds is 5. The fraction of sp³-hybridized carbons (Fsp3) is 0.692. The van der Waals surface area contributed by atoms with Crippen molar-refractivity contribution in [2.45, 2.75) is 90.9 Å². The van der Waals surface area contributed by atoms with Gasteiger partial charge in [-0.3, -0.25) is 0 Å². The van der Waals surface area contributed by atoms with E-state index in [0.29, 0.717) is 5.92 Å². The molecule has 0 radical (unpaired) electrons. The zero-order valence-electron chi connectivity index (χ0n) is 17.1. The third-order valence-corrected chi connectivity index (χ3v) is 7.10. The predicted molar refractivity (Wildman–Crippen MR) is 113 cm³/mol. The van der Waals surface area contributed by atoms with E-state index in [2.05, 4.69) is 50.0 Å². The Hall–Kier alpha value is -1.22. The van der Waals surface area contributed by atoms with Crippen molar-refractivity contribution in [3.63, 3.8) is 0 Å². The van der Waals surface area contributed by atoms with Crippen LogP contribution in [0.5, 0.6) is 0 Å². The SMILES string of the molecule is CCCCc1ccc(C#CC2CCC([C@H]3CC[C@H](CC)CC3)CC2)cc1. The smallest absolute Gasteiger partial charge is 0.0245 e. The average Bonchev–Trinajstić information content (AvgIpc) is 2.72. The van der Waals surface area contributed by atoms with Gasteiger partial charge in [-0.25, -0.2) is 0 Å². The van der Waals surface area contributed by atoms with Crippen LogP contribution in [0.15, 0.2) is 24.3 Å². The summed E-state index contributed by atoms with van der Waals surface area (Å²) in [5.74, 6) is 10.7. The number of benzene rings is 1. The third-order valence-electron chi connectivity index (χ3n) is 7.10. The minimum Gasteiger partial charge on any atom is -0.0945 e. The number of unbranched alkanes of at least 4 members (excludes halogenated alkanes) is 1. The van der Waals surface area contributed by atoms with Gasteiger partial charge in [0.05, 0.1) is 0 Å². The van der Waals surface area contributed by atoms with Crippen molar-refractivity contribution in [1.82, 2.24) is 0 Å². The van der Waals surface area contributed by atoms with Crippen molar-refractivity contribution >= 4 is 0 Å². The molecular formula is C26H38. The lowest BCUT2D eigenvalue weighted by Gasteiger charge is -2.36. The van der Waals surface area contributed by atoms with E-state index in [1.807, 2.05) is 0 Å². The summed E-state index contributed by atoms with van der Waals surface area (Å²) in [5, 5.41) is 0. The molecule has 0 aromatic heterocycles. The van der Waals surface area contributed by atoms with Crippen LogP contribution in [0.1, 0.15) is 95.6 Å². The van der Waals surface area contributed by atoms with E-state index < -0.39 is 0 Å². The second kappa shape index (κ2) is 10.2. The molecule has 3 rings (SSSR count). The Balaban J connectivity index is 1.44. The third kappa shape index (κ3) is 5.64. The van der Waals surface area contributed by atoms with Gasteiger partial charge in [-0.1, -0.05) is 63.5 Å². The average molecular weight is 351 g/mol. The molecule has 0 amide bonds. The van der Waals surface area contributed by atoms with Gasteiger partial charge in [-0.2, -0.15) is 0 Å². The first-order valence-corrected chi connectivity index (χ1v) is 11.4. The van der Waals surface area contributed by atoms with Crippen LogP contribution < -0.4 is 0 Å². The molecule has 0 atom stereocenters. The lowest BCUT2D eigenvalue weighted by atomic mass is 9.69. The lowest BCUT2D eigenvalue weighted by molar-refractivity contribution is 0.156. The van der Waals surface area contributed by atoms with E-state index >= 15 is 0 Å². The van der Waals surface area contributed by atoms with Crippen LogP contribution in [-0.4, -0.2) is 0 Å². The van der Waals surface area contributed by atoms with E-state index in [4.69, 9.17) is 0 Å². The molecule has 0 bridgehead atoms. The van der Waals surface area contributed by atoms with E-state index in [-0.39, 0.29) is 0 Å². The summed E-state index contributed by atoms with van der Waals surface area (Å²) in [5.41, 5.74) is 2.65. The fourth-order valence-corrected chi connectivity index (χ4v) is 5.12. The standard InChI is InChI=1S/C26H38/c1-3-5-6-22-7-9-23(10-8-22)11-12-24-15-19-26(20-16-24)25-17-13-21(4-2)14-18-25/h7-10,21,24-26H,3-6,13-20H2,1-2H3/t21-,24?,25-,26?. The van der Waals surface area contributed by atoms with E-state index in [1.54, 1.807) is 0 Å². The summed E-state index contributed by atoms with van der Waals surface area (Å²) in [6.45, 7) is 4.62. The molecule has 2 aliphatic carbocycles. The summed E-state index contributed by atoms with van der Waals surface area (Å²) < 4.78 is 0. The largest absolute Gasteiger partial charge is 0.0945 e. The Morgan fingerprint density at radius 2 is 1.42 bits per heavy atom. The first-order valence-electron chi connectivity index (χ1n) is 11.4. The van der Waals surface area contributed by atoms with Crippen molar-refractivity contribution in [3.8, 4) is 11.8 Å². The summed E-state index contributed by atoms with van der Waals surface area (Å²) in [6.07, 6.45) is 16.7. The first-order chi connectivity index (χ1) is 12.8. The maximum absolute atomic E-state index is 3.59. The second-order valence-electron chi connectivity index (χ2n) is 8.87. The Morgan fingerprint density at radius 1 is 0.808 bits per heavy atom. The monoisotopic (exact) mass is 350 g/mol. The molecule has 26 heavy (non-hydrogen) atoms. The number of aryl methyl sites for hydroxylation is 1. The summed E-state index contributed by atoms with van der Waals surface area (Å²) in [4.78, 5) is 0. The van der Waals surface area contributed by atoms with Crippen LogP contribution in [0.2, 0.25) is 0 Å². The predicted octanol–water partition coefficient (Wildman–Crippen LogP) is 7.40. The maximum atomic E-state index is 3.59. The highest BCUT2D eigenvalue weighted by molar-refractivity contribution is 5.36. The van der Waals surface area contributed by atoms with Gasteiger partial charge in [0.15, 0.2) is 0 Å². The number of hydrogen-bond acceptors (Lipinski definition) is 0. The molecule has 0 saturated heterocycles. The Bertz CT molecular complexity index is 569. The zero-order chi connectivity index (χ0) is 18.2. The van der Waals surface area contributed by atoms with E-state index in [0.717, 1.165) is 17.8 Å². The van der Waals surface area contributed by atoms with E-state index in [1.165, 1.54) is 88.2 Å². The van der Waals surface area contributed by atoms with Crippen molar-refractivity contribution in [2.75, 3.05) is 0 Å². The van der Waals surface area contributed by atoms with Crippen LogP contribution >= 0.6 is 0 Å². The van der Waals surface area contributed by atoms with Gasteiger partial charge >= 0.3 is 0 Å². The Labute approximate surface area is 162 Å². The van der Waals surface area contributed by atoms with Gasteiger partial charge in [0.2, 0.25) is 0 Å². The summed E-state index contributed by atoms with van der Waals surface area (Å²) in [7, 11) is 0. The van der Waals surface area contributed by atoms with Crippen LogP contribution in [-0.2, 0) is 6.42 Å². The van der Waals surface area contributed by atoms with Crippen LogP contribution in [0, 0.1) is 35.5 Å². The molecule has 2 aliphatic rings.